The Kier molecular flexibility index (Phi) is 17.6. The van der Waals surface area contributed by atoms with E-state index in [0.717, 1.165) is 93.5 Å². The lowest BCUT2D eigenvalue weighted by molar-refractivity contribution is 0.518. The Morgan fingerprint density at radius 1 is 0.926 bits per heavy atom. The van der Waals surface area contributed by atoms with Gasteiger partial charge in [-0.25, -0.2) is 0 Å². The van der Waals surface area contributed by atoms with Gasteiger partial charge in [-0.05, 0) is 177 Å². The van der Waals surface area contributed by atoms with Crippen molar-refractivity contribution in [3.05, 3.63) is 242 Å². The summed E-state index contributed by atoms with van der Waals surface area (Å²) in [7, 11) is 0. The molecule has 0 saturated carbocycles. The summed E-state index contributed by atoms with van der Waals surface area (Å²) >= 11 is 7.02. The van der Waals surface area contributed by atoms with Gasteiger partial charge in [0, 0.05) is 40.1 Å². The average molecular weight is 931 g/mol. The minimum atomic E-state index is -0.0307. The molecule has 1 aromatic heterocycles. The molecule has 5 heteroatoms. The second-order valence-electron chi connectivity index (χ2n) is 17.3. The fourth-order valence-electron chi connectivity index (χ4n) is 9.16. The van der Waals surface area contributed by atoms with Crippen molar-refractivity contribution in [3.63, 3.8) is 0 Å². The number of anilines is 1. The summed E-state index contributed by atoms with van der Waals surface area (Å²) in [6, 6.07) is 32.8. The van der Waals surface area contributed by atoms with Crippen molar-refractivity contribution in [3.8, 4) is 0 Å². The van der Waals surface area contributed by atoms with Gasteiger partial charge in [0.25, 0.3) is 0 Å². The maximum absolute atomic E-state index is 6.62. The summed E-state index contributed by atoms with van der Waals surface area (Å²) < 4.78 is 8.86. The normalized spacial score (nSPS) is 18.4. The van der Waals surface area contributed by atoms with E-state index in [4.69, 9.17) is 22.0 Å². The lowest BCUT2D eigenvalue weighted by atomic mass is 9.78. The summed E-state index contributed by atoms with van der Waals surface area (Å²) in [5, 5.41) is 1.06. The largest absolute Gasteiger partial charge is 0.456 e. The summed E-state index contributed by atoms with van der Waals surface area (Å²) in [5.74, 6) is 1.70. The summed E-state index contributed by atoms with van der Waals surface area (Å²) in [4.78, 5) is 5.58. The van der Waals surface area contributed by atoms with E-state index in [1.807, 2.05) is 25.2 Å². The molecule has 346 valence electrons. The van der Waals surface area contributed by atoms with Crippen LogP contribution in [0, 0.1) is 13.8 Å². The smallest absolute Gasteiger partial charge is 0.142 e. The zero-order chi connectivity index (χ0) is 48.0. The van der Waals surface area contributed by atoms with Crippen molar-refractivity contribution in [1.82, 2.24) is 0 Å². The highest BCUT2D eigenvalue weighted by atomic mass is 32.2. The number of allylic oxidation sites excluding steroid dienone is 12. The standard InChI is InChI=1S/C63H66N2OS2/c1-9-26-50(60-57-41-49(35-36-56(57)63(60)67)48-31-21-15-14-16-24-37-65(68-38-25-32-48)52-33-22-18-23-34-52)43-64-61(45(7)39-47-29-19-17-20-30-47)58-42-51(40-44(6)55(58)27-10-2)54(13-5)62-53(12-4)46(8)59(66-62)28-11-3/h9,11-14,16-20,22-26,28-37,40-43,63,67H,5,10,15,21,27,38-39H2,1-4,6-8H3/b16-14-,26-9-,28-11-,32-25?,37-24-,48-31?,53-12-,60-50+,61-45-,62-54-,64-43+. The molecule has 0 spiro atoms. The number of rotatable bonds is 13. The molecule has 1 aliphatic carbocycles. The van der Waals surface area contributed by atoms with Crippen molar-refractivity contribution in [2.45, 2.75) is 85.8 Å². The van der Waals surface area contributed by atoms with E-state index in [-0.39, 0.29) is 5.25 Å². The van der Waals surface area contributed by atoms with Crippen LogP contribution < -0.4 is 14.9 Å². The average Bonchev–Trinajstić information content (AvgIpc) is 3.66. The molecule has 7 rings (SSSR count). The Morgan fingerprint density at radius 2 is 1.71 bits per heavy atom. The summed E-state index contributed by atoms with van der Waals surface area (Å²) in [6.07, 6.45) is 34.8. The zero-order valence-electron chi connectivity index (χ0n) is 40.9. The lowest BCUT2D eigenvalue weighted by Gasteiger charge is -2.32. The molecule has 4 aromatic carbocycles. The van der Waals surface area contributed by atoms with Crippen LogP contribution in [0.3, 0.4) is 0 Å². The van der Waals surface area contributed by atoms with Crippen LogP contribution in [0.5, 0.6) is 0 Å². The van der Waals surface area contributed by atoms with Gasteiger partial charge in [0.05, 0.1) is 16.6 Å². The highest BCUT2D eigenvalue weighted by molar-refractivity contribution is 8.00. The predicted molar refractivity (Wildman–Crippen MR) is 303 cm³/mol. The number of aryl methyl sites for hydroxylation is 1. The molecule has 68 heavy (non-hydrogen) atoms. The first-order chi connectivity index (χ1) is 33.2. The van der Waals surface area contributed by atoms with E-state index in [1.54, 1.807) is 11.9 Å². The second-order valence-corrected chi connectivity index (χ2v) is 18.8. The monoisotopic (exact) mass is 930 g/mol. The van der Waals surface area contributed by atoms with E-state index in [9.17, 15) is 0 Å². The van der Waals surface area contributed by atoms with Gasteiger partial charge in [0.15, 0.2) is 0 Å². The van der Waals surface area contributed by atoms with Crippen LogP contribution in [-0.2, 0) is 12.8 Å². The van der Waals surface area contributed by atoms with Crippen LogP contribution in [0.2, 0.25) is 0 Å². The highest BCUT2D eigenvalue weighted by Gasteiger charge is 2.31. The molecule has 0 bridgehead atoms. The van der Waals surface area contributed by atoms with Crippen molar-refractivity contribution in [1.29, 1.82) is 0 Å². The maximum atomic E-state index is 6.62. The van der Waals surface area contributed by atoms with Crippen LogP contribution in [0.25, 0.3) is 34.6 Å². The van der Waals surface area contributed by atoms with Crippen molar-refractivity contribution in [2.24, 2.45) is 4.99 Å². The Labute approximate surface area is 416 Å². The SMILES string of the molecule is C=C/C(c1cc(C)c(CCC)c(C(/N=C/C(/C=C\C)=C2\c3cc(C4=CCC/C=C\C=C/N(c5ccccc5)SCC=C4)ccc3C2S)=C(\C)Cc2ccccc2)c1)=c1/oc(/C=C\C)c(C)/c1=C/C. The molecule has 2 heterocycles. The molecule has 2 aliphatic rings. The molecule has 0 fully saturated rings. The summed E-state index contributed by atoms with van der Waals surface area (Å²) in [6.45, 7) is 19.4. The minimum Gasteiger partial charge on any atom is -0.456 e. The Morgan fingerprint density at radius 3 is 2.43 bits per heavy atom. The first-order valence-corrected chi connectivity index (χ1v) is 25.5. The number of hydrogen-bond acceptors (Lipinski definition) is 5. The minimum absolute atomic E-state index is 0.0307. The first-order valence-electron chi connectivity index (χ1n) is 24.0. The van der Waals surface area contributed by atoms with E-state index in [1.165, 1.54) is 50.1 Å². The number of thiol groups is 1. The van der Waals surface area contributed by atoms with Crippen LogP contribution in [0.15, 0.2) is 185 Å². The van der Waals surface area contributed by atoms with E-state index in [2.05, 4.69) is 211 Å². The Hall–Kier alpha value is -6.27. The molecule has 0 saturated heterocycles. The number of benzene rings is 4. The molecule has 1 unspecified atom stereocenters. The third-order valence-corrected chi connectivity index (χ3v) is 14.0. The number of aliphatic imine (C=N–C) groups is 1. The third-order valence-electron chi connectivity index (χ3n) is 12.6. The Balaban J connectivity index is 1.33. The van der Waals surface area contributed by atoms with Gasteiger partial charge >= 0.3 is 0 Å². The van der Waals surface area contributed by atoms with Crippen LogP contribution in [0.1, 0.15) is 115 Å². The van der Waals surface area contributed by atoms with E-state index in [0.29, 0.717) is 0 Å². The third kappa shape index (κ3) is 11.5. The molecule has 0 N–H and O–H groups in total. The molecule has 0 amide bonds. The number of hydrogen-bond donors (Lipinski definition) is 1. The second kappa shape index (κ2) is 24.1. The van der Waals surface area contributed by atoms with Gasteiger partial charge in [-0.1, -0.05) is 147 Å². The number of furan rings is 1. The van der Waals surface area contributed by atoms with Crippen molar-refractivity contribution in [2.75, 3.05) is 10.1 Å². The van der Waals surface area contributed by atoms with Gasteiger partial charge < -0.3 is 4.42 Å². The molecule has 1 atom stereocenters. The number of fused-ring (bicyclic) bond motifs is 1. The van der Waals surface area contributed by atoms with Crippen LogP contribution >= 0.6 is 24.6 Å². The highest BCUT2D eigenvalue weighted by Crippen LogP contribution is 2.51. The van der Waals surface area contributed by atoms with Gasteiger partial charge in [0.1, 0.15) is 11.2 Å². The topological polar surface area (TPSA) is 28.7 Å². The summed E-state index contributed by atoms with van der Waals surface area (Å²) in [5.41, 5.74) is 19.4. The zero-order valence-corrected chi connectivity index (χ0v) is 42.6. The molecule has 3 nitrogen and oxygen atoms in total. The number of para-hydroxylation sites is 1. The van der Waals surface area contributed by atoms with Gasteiger partial charge in [-0.2, -0.15) is 12.6 Å². The fraction of sp³-hybridized carbons (Fsp3) is 0.222. The fourth-order valence-corrected chi connectivity index (χ4v) is 10.4. The van der Waals surface area contributed by atoms with Crippen molar-refractivity contribution < 1.29 is 4.42 Å². The Bertz CT molecular complexity index is 3020. The van der Waals surface area contributed by atoms with E-state index < -0.39 is 0 Å². The quantitative estimate of drug-likeness (QED) is 0.0725. The molecular weight excluding hydrogens is 865 g/mol. The van der Waals surface area contributed by atoms with Crippen LogP contribution in [-0.4, -0.2) is 12.0 Å². The molecule has 5 aromatic rings. The maximum Gasteiger partial charge on any atom is 0.142 e. The first kappa shape index (κ1) is 49.6. The van der Waals surface area contributed by atoms with Gasteiger partial charge in [-0.15, -0.1) is 0 Å². The predicted octanol–water partition coefficient (Wildman–Crippen LogP) is 16.1. The molecule has 0 radical (unpaired) electrons. The number of nitrogens with zero attached hydrogens (tertiary/aromatic N) is 2. The van der Waals surface area contributed by atoms with Crippen LogP contribution in [0.4, 0.5) is 5.69 Å². The van der Waals surface area contributed by atoms with Gasteiger partial charge in [0.2, 0.25) is 0 Å². The molecular formula is C63H66N2OS2. The molecule has 1 aliphatic heterocycles. The van der Waals surface area contributed by atoms with Crippen molar-refractivity contribution >= 4 is 71.0 Å². The van der Waals surface area contributed by atoms with E-state index >= 15 is 0 Å². The van der Waals surface area contributed by atoms with Gasteiger partial charge in [-0.3, -0.25) is 9.30 Å². The lowest BCUT2D eigenvalue weighted by Crippen LogP contribution is -2.24.